The second-order valence-electron chi connectivity index (χ2n) is 10.4. The van der Waals surface area contributed by atoms with Gasteiger partial charge < -0.3 is 18.5 Å². The Kier molecular flexibility index (Phi) is 4.86. The van der Waals surface area contributed by atoms with Crippen molar-refractivity contribution in [3.05, 3.63) is 64.4 Å². The molecule has 6 heteroatoms. The first-order valence-corrected chi connectivity index (χ1v) is 12.0. The highest BCUT2D eigenvalue weighted by Gasteiger charge is 2.54. The third-order valence-corrected chi connectivity index (χ3v) is 8.06. The summed E-state index contributed by atoms with van der Waals surface area (Å²) in [6.07, 6.45) is 8.89. The summed E-state index contributed by atoms with van der Waals surface area (Å²) in [4.78, 5) is 27.4. The smallest absolute Gasteiger partial charge is 0.336 e. The summed E-state index contributed by atoms with van der Waals surface area (Å²) in [5.74, 6) is 3.51. The zero-order valence-corrected chi connectivity index (χ0v) is 18.9. The maximum atomic E-state index is 13.6. The maximum absolute atomic E-state index is 13.6. The van der Waals surface area contributed by atoms with Crippen LogP contribution in [0.4, 0.5) is 0 Å². The molecule has 4 fully saturated rings. The van der Waals surface area contributed by atoms with Gasteiger partial charge >= 0.3 is 5.63 Å². The first kappa shape index (κ1) is 20.6. The Morgan fingerprint density at radius 3 is 2.48 bits per heavy atom. The summed E-state index contributed by atoms with van der Waals surface area (Å²) in [5, 5.41) is 0.862. The van der Waals surface area contributed by atoms with Gasteiger partial charge in [0.2, 0.25) is 0 Å². The highest BCUT2D eigenvalue weighted by Crippen LogP contribution is 2.58. The Bertz CT molecular complexity index is 1210. The standard InChI is InChI=1S/C27H29NO5/c1-17-7-26(30)33-24-11-21(4-5-23(17)24)32-16-25(29)28(15-22-3-2-6-31-22)27-12-18-8-19(13-27)10-20(9-18)14-27/h2-7,11,18-20H,8-10,12-16H2,1H3. The van der Waals surface area contributed by atoms with Crippen LogP contribution in [0.3, 0.4) is 0 Å². The number of nitrogens with zero attached hydrogens (tertiary/aromatic N) is 1. The van der Waals surface area contributed by atoms with Gasteiger partial charge in [0.05, 0.1) is 12.8 Å². The lowest BCUT2D eigenvalue weighted by Crippen LogP contribution is -2.61. The summed E-state index contributed by atoms with van der Waals surface area (Å²) in [6, 6.07) is 10.7. The molecule has 0 N–H and O–H groups in total. The number of ether oxygens (including phenoxy) is 1. The fraction of sp³-hybridized carbons (Fsp3) is 0.481. The van der Waals surface area contributed by atoms with Crippen molar-refractivity contribution < 1.29 is 18.4 Å². The van der Waals surface area contributed by atoms with E-state index in [1.54, 1.807) is 12.3 Å². The number of hydrogen-bond acceptors (Lipinski definition) is 5. The average Bonchev–Trinajstić information content (AvgIpc) is 3.28. The molecule has 1 aromatic carbocycles. The van der Waals surface area contributed by atoms with Crippen LogP contribution in [0.15, 0.2) is 56.3 Å². The van der Waals surface area contributed by atoms with Gasteiger partial charge in [-0.1, -0.05) is 0 Å². The van der Waals surface area contributed by atoms with E-state index in [2.05, 4.69) is 4.90 Å². The predicted molar refractivity (Wildman–Crippen MR) is 123 cm³/mol. The minimum absolute atomic E-state index is 0.0147. The van der Waals surface area contributed by atoms with Crippen molar-refractivity contribution in [2.75, 3.05) is 6.61 Å². The number of hydrogen-bond donors (Lipinski definition) is 0. The highest BCUT2D eigenvalue weighted by atomic mass is 16.5. The molecular weight excluding hydrogens is 418 g/mol. The van der Waals surface area contributed by atoms with E-state index < -0.39 is 0 Å². The van der Waals surface area contributed by atoms with Crippen LogP contribution in [0.2, 0.25) is 0 Å². The molecule has 0 unspecified atom stereocenters. The van der Waals surface area contributed by atoms with Crippen molar-refractivity contribution >= 4 is 16.9 Å². The molecule has 0 aliphatic heterocycles. The molecule has 172 valence electrons. The van der Waals surface area contributed by atoms with Gasteiger partial charge in [-0.2, -0.15) is 0 Å². The van der Waals surface area contributed by atoms with E-state index in [0.29, 0.717) is 17.9 Å². The number of carbonyl (C=O) groups excluding carboxylic acids is 1. The molecule has 0 radical (unpaired) electrons. The Hall–Kier alpha value is -3.02. The fourth-order valence-corrected chi connectivity index (χ4v) is 7.09. The zero-order chi connectivity index (χ0) is 22.6. The summed E-state index contributed by atoms with van der Waals surface area (Å²) in [6.45, 7) is 2.30. The van der Waals surface area contributed by atoms with Gasteiger partial charge in [0.1, 0.15) is 17.1 Å². The van der Waals surface area contributed by atoms with Gasteiger partial charge in [-0.05, 0) is 93.0 Å². The highest BCUT2D eigenvalue weighted by molar-refractivity contribution is 5.82. The molecule has 4 saturated carbocycles. The molecule has 1 amide bonds. The number of aryl methyl sites for hydroxylation is 1. The number of furan rings is 1. The van der Waals surface area contributed by atoms with Crippen LogP contribution in [0.1, 0.15) is 49.8 Å². The van der Waals surface area contributed by atoms with Gasteiger partial charge in [0.15, 0.2) is 6.61 Å². The minimum atomic E-state index is -0.389. The lowest BCUT2D eigenvalue weighted by molar-refractivity contribution is -0.155. The average molecular weight is 448 g/mol. The van der Waals surface area contributed by atoms with E-state index in [0.717, 1.165) is 53.7 Å². The molecule has 4 aliphatic carbocycles. The monoisotopic (exact) mass is 447 g/mol. The van der Waals surface area contributed by atoms with E-state index in [9.17, 15) is 9.59 Å². The number of benzene rings is 1. The van der Waals surface area contributed by atoms with Crippen molar-refractivity contribution in [1.82, 2.24) is 4.90 Å². The van der Waals surface area contributed by atoms with Crippen LogP contribution < -0.4 is 10.4 Å². The van der Waals surface area contributed by atoms with Gasteiger partial charge in [-0.3, -0.25) is 4.79 Å². The number of rotatable bonds is 6. The van der Waals surface area contributed by atoms with E-state index >= 15 is 0 Å². The first-order chi connectivity index (χ1) is 16.0. The second-order valence-corrected chi connectivity index (χ2v) is 10.4. The van der Waals surface area contributed by atoms with Crippen LogP contribution in [-0.2, 0) is 11.3 Å². The zero-order valence-electron chi connectivity index (χ0n) is 18.9. The normalized spacial score (nSPS) is 27.7. The Morgan fingerprint density at radius 2 is 1.82 bits per heavy atom. The molecule has 4 aliphatic rings. The Labute approximate surface area is 192 Å². The Balaban J connectivity index is 1.25. The summed E-state index contributed by atoms with van der Waals surface area (Å²) in [5.41, 5.74) is 0.850. The molecular formula is C27H29NO5. The Morgan fingerprint density at radius 1 is 1.09 bits per heavy atom. The third-order valence-electron chi connectivity index (χ3n) is 8.06. The van der Waals surface area contributed by atoms with Crippen molar-refractivity contribution in [1.29, 1.82) is 0 Å². The molecule has 0 spiro atoms. The van der Waals surface area contributed by atoms with Gasteiger partial charge in [0.25, 0.3) is 5.91 Å². The molecule has 7 rings (SSSR count). The maximum Gasteiger partial charge on any atom is 0.336 e. The predicted octanol–water partition coefficient (Wildman–Crippen LogP) is 5.07. The van der Waals surface area contributed by atoms with Crippen LogP contribution in [-0.4, -0.2) is 23.0 Å². The molecule has 6 nitrogen and oxygen atoms in total. The van der Waals surface area contributed by atoms with Crippen molar-refractivity contribution in [3.8, 4) is 5.75 Å². The van der Waals surface area contributed by atoms with E-state index in [1.165, 1.54) is 25.3 Å². The number of amides is 1. The summed E-state index contributed by atoms with van der Waals surface area (Å²) < 4.78 is 16.9. The molecule has 3 aromatic rings. The molecule has 0 atom stereocenters. The fourth-order valence-electron chi connectivity index (χ4n) is 7.09. The SMILES string of the molecule is Cc1cc(=O)oc2cc(OCC(=O)N(Cc3ccco3)C34CC5CC(CC(C5)C3)C4)ccc12. The van der Waals surface area contributed by atoms with Crippen LogP contribution in [0, 0.1) is 24.7 Å². The third kappa shape index (κ3) is 3.75. The van der Waals surface area contributed by atoms with Gasteiger partial charge in [-0.25, -0.2) is 4.79 Å². The molecule has 2 aromatic heterocycles. The summed E-state index contributed by atoms with van der Waals surface area (Å²) >= 11 is 0. The molecule has 4 bridgehead atoms. The van der Waals surface area contributed by atoms with E-state index in [-0.39, 0.29) is 23.7 Å². The molecule has 2 heterocycles. The minimum Gasteiger partial charge on any atom is -0.484 e. The topological polar surface area (TPSA) is 72.9 Å². The first-order valence-electron chi connectivity index (χ1n) is 12.0. The van der Waals surface area contributed by atoms with Crippen LogP contribution in [0.5, 0.6) is 5.75 Å². The molecule has 0 saturated heterocycles. The number of fused-ring (bicyclic) bond motifs is 1. The number of carbonyl (C=O) groups is 1. The molecule has 33 heavy (non-hydrogen) atoms. The summed E-state index contributed by atoms with van der Waals surface area (Å²) in [7, 11) is 0. The van der Waals surface area contributed by atoms with Crippen molar-refractivity contribution in [2.24, 2.45) is 17.8 Å². The van der Waals surface area contributed by atoms with Crippen LogP contribution in [0.25, 0.3) is 11.0 Å². The van der Waals surface area contributed by atoms with Crippen molar-refractivity contribution in [2.45, 2.75) is 57.5 Å². The van der Waals surface area contributed by atoms with E-state index in [1.807, 2.05) is 31.2 Å². The van der Waals surface area contributed by atoms with Gasteiger partial charge in [0, 0.05) is 23.1 Å². The van der Waals surface area contributed by atoms with E-state index in [4.69, 9.17) is 13.6 Å². The van der Waals surface area contributed by atoms with Crippen molar-refractivity contribution in [3.63, 3.8) is 0 Å². The largest absolute Gasteiger partial charge is 0.484 e. The van der Waals surface area contributed by atoms with Gasteiger partial charge in [-0.15, -0.1) is 0 Å². The van der Waals surface area contributed by atoms with Crippen LogP contribution >= 0.6 is 0 Å². The lowest BCUT2D eigenvalue weighted by Gasteiger charge is -2.60. The lowest BCUT2D eigenvalue weighted by atomic mass is 9.52. The second kappa shape index (κ2) is 7.79. The quantitative estimate of drug-likeness (QED) is 0.493.